The van der Waals surface area contributed by atoms with Crippen molar-refractivity contribution in [2.45, 2.75) is 12.5 Å². The second kappa shape index (κ2) is 4.55. The standard InChI is InChI=1S/C8H15ClN2O3S/c9-15(12,13)11-2-1-8(7-11)10-3-5-14-6-4-10/h8H,1-7H2. The van der Waals surface area contributed by atoms with Crippen LogP contribution in [0.2, 0.25) is 0 Å². The molecule has 2 heterocycles. The van der Waals surface area contributed by atoms with Crippen LogP contribution in [0.25, 0.3) is 0 Å². The Morgan fingerprint density at radius 2 is 1.87 bits per heavy atom. The Balaban J connectivity index is 1.92. The van der Waals surface area contributed by atoms with Crippen LogP contribution < -0.4 is 0 Å². The molecule has 0 radical (unpaired) electrons. The van der Waals surface area contributed by atoms with Crippen LogP contribution in [0.4, 0.5) is 0 Å². The van der Waals surface area contributed by atoms with E-state index in [0.717, 1.165) is 32.7 Å². The molecule has 1 unspecified atom stereocenters. The topological polar surface area (TPSA) is 49.9 Å². The number of nitrogens with zero attached hydrogens (tertiary/aromatic N) is 2. The minimum atomic E-state index is -3.53. The zero-order chi connectivity index (χ0) is 10.9. The molecule has 1 atom stereocenters. The van der Waals surface area contributed by atoms with Crippen LogP contribution >= 0.6 is 10.7 Å². The van der Waals surface area contributed by atoms with Crippen molar-refractivity contribution >= 4 is 19.9 Å². The van der Waals surface area contributed by atoms with Gasteiger partial charge in [0.1, 0.15) is 0 Å². The maximum atomic E-state index is 11.1. The first-order valence-electron chi connectivity index (χ1n) is 5.09. The number of halogens is 1. The summed E-state index contributed by atoms with van der Waals surface area (Å²) < 4.78 is 28.8. The van der Waals surface area contributed by atoms with Crippen LogP contribution in [0.5, 0.6) is 0 Å². The lowest BCUT2D eigenvalue weighted by Gasteiger charge is -2.31. The smallest absolute Gasteiger partial charge is 0.299 e. The van der Waals surface area contributed by atoms with E-state index >= 15 is 0 Å². The molecule has 88 valence electrons. The largest absolute Gasteiger partial charge is 0.379 e. The fourth-order valence-corrected chi connectivity index (χ4v) is 3.20. The summed E-state index contributed by atoms with van der Waals surface area (Å²) in [6.45, 7) is 4.32. The maximum absolute atomic E-state index is 11.1. The average Bonchev–Trinajstić information content (AvgIpc) is 2.67. The normalized spacial score (nSPS) is 30.9. The first-order valence-corrected chi connectivity index (χ1v) is 7.35. The van der Waals surface area contributed by atoms with Gasteiger partial charge in [0.15, 0.2) is 0 Å². The Kier molecular flexibility index (Phi) is 3.52. The fourth-order valence-electron chi connectivity index (χ4n) is 2.15. The number of ether oxygens (including phenoxy) is 1. The zero-order valence-electron chi connectivity index (χ0n) is 8.43. The molecule has 5 nitrogen and oxygen atoms in total. The molecule has 0 aromatic rings. The summed E-state index contributed by atoms with van der Waals surface area (Å²) >= 11 is 0. The highest BCUT2D eigenvalue weighted by molar-refractivity contribution is 8.11. The van der Waals surface area contributed by atoms with Crippen molar-refractivity contribution in [3.8, 4) is 0 Å². The molecule has 2 aliphatic rings. The first kappa shape index (κ1) is 11.6. The molecule has 0 aliphatic carbocycles. The van der Waals surface area contributed by atoms with Crippen LogP contribution in [0.15, 0.2) is 0 Å². The van der Waals surface area contributed by atoms with Crippen molar-refractivity contribution in [3.63, 3.8) is 0 Å². The predicted octanol–water partition coefficient (Wildman–Crippen LogP) is -0.123. The molecule has 0 aromatic heterocycles. The van der Waals surface area contributed by atoms with E-state index in [2.05, 4.69) is 4.90 Å². The Morgan fingerprint density at radius 3 is 2.40 bits per heavy atom. The predicted molar refractivity (Wildman–Crippen MR) is 57.1 cm³/mol. The fraction of sp³-hybridized carbons (Fsp3) is 1.00. The molecular weight excluding hydrogens is 240 g/mol. The van der Waals surface area contributed by atoms with Gasteiger partial charge in [-0.25, -0.2) is 0 Å². The van der Waals surface area contributed by atoms with Gasteiger partial charge in [0.05, 0.1) is 13.2 Å². The highest BCUT2D eigenvalue weighted by Crippen LogP contribution is 2.21. The van der Waals surface area contributed by atoms with E-state index in [4.69, 9.17) is 15.4 Å². The highest BCUT2D eigenvalue weighted by Gasteiger charge is 2.33. The van der Waals surface area contributed by atoms with E-state index in [9.17, 15) is 8.42 Å². The lowest BCUT2D eigenvalue weighted by molar-refractivity contribution is 0.0197. The van der Waals surface area contributed by atoms with Crippen molar-refractivity contribution in [1.82, 2.24) is 9.21 Å². The van der Waals surface area contributed by atoms with Gasteiger partial charge in [-0.15, -0.1) is 0 Å². The van der Waals surface area contributed by atoms with E-state index in [1.54, 1.807) is 0 Å². The SMILES string of the molecule is O=S(=O)(Cl)N1CCC(N2CCOCC2)C1. The summed E-state index contributed by atoms with van der Waals surface area (Å²) in [6, 6.07) is 0.308. The van der Waals surface area contributed by atoms with E-state index in [-0.39, 0.29) is 0 Å². The molecule has 0 aromatic carbocycles. The Morgan fingerprint density at radius 1 is 1.20 bits per heavy atom. The highest BCUT2D eigenvalue weighted by atomic mass is 35.7. The van der Waals surface area contributed by atoms with Gasteiger partial charge in [-0.2, -0.15) is 12.7 Å². The van der Waals surface area contributed by atoms with Crippen molar-refractivity contribution in [2.24, 2.45) is 0 Å². The molecule has 15 heavy (non-hydrogen) atoms. The van der Waals surface area contributed by atoms with Gasteiger partial charge in [0, 0.05) is 42.9 Å². The molecule has 0 N–H and O–H groups in total. The molecule has 0 spiro atoms. The summed E-state index contributed by atoms with van der Waals surface area (Å²) in [5, 5.41) is 0. The van der Waals surface area contributed by atoms with Crippen molar-refractivity contribution < 1.29 is 13.2 Å². The summed E-state index contributed by atoms with van der Waals surface area (Å²) in [4.78, 5) is 2.28. The van der Waals surface area contributed by atoms with Crippen LogP contribution in [-0.4, -0.2) is 63.1 Å². The second-order valence-corrected chi connectivity index (χ2v) is 6.40. The zero-order valence-corrected chi connectivity index (χ0v) is 10.0. The number of hydrogen-bond donors (Lipinski definition) is 0. The summed E-state index contributed by atoms with van der Waals surface area (Å²) in [7, 11) is 1.77. The first-order chi connectivity index (χ1) is 7.07. The van der Waals surface area contributed by atoms with Gasteiger partial charge in [-0.3, -0.25) is 4.90 Å². The van der Waals surface area contributed by atoms with E-state index in [1.807, 2.05) is 0 Å². The van der Waals surface area contributed by atoms with Gasteiger partial charge in [-0.1, -0.05) is 0 Å². The summed E-state index contributed by atoms with van der Waals surface area (Å²) in [5.74, 6) is 0. The van der Waals surface area contributed by atoms with Crippen molar-refractivity contribution in [2.75, 3.05) is 39.4 Å². The average molecular weight is 255 g/mol. The molecule has 0 bridgehead atoms. The number of morpholine rings is 1. The minimum absolute atomic E-state index is 0.308. The minimum Gasteiger partial charge on any atom is -0.379 e. The van der Waals surface area contributed by atoms with Crippen molar-refractivity contribution in [3.05, 3.63) is 0 Å². The molecule has 0 saturated carbocycles. The quantitative estimate of drug-likeness (QED) is 0.645. The maximum Gasteiger partial charge on any atom is 0.299 e. The van der Waals surface area contributed by atoms with E-state index in [1.165, 1.54) is 4.31 Å². The summed E-state index contributed by atoms with van der Waals surface area (Å²) in [5.41, 5.74) is 0. The van der Waals surface area contributed by atoms with Gasteiger partial charge in [0.25, 0.3) is 9.24 Å². The van der Waals surface area contributed by atoms with Gasteiger partial charge in [-0.05, 0) is 6.42 Å². The lowest BCUT2D eigenvalue weighted by atomic mass is 10.2. The van der Waals surface area contributed by atoms with Crippen LogP contribution in [0, 0.1) is 0 Å². The number of rotatable bonds is 2. The Labute approximate surface area is 94.5 Å². The molecular formula is C8H15ClN2O3S. The third kappa shape index (κ3) is 2.82. The van der Waals surface area contributed by atoms with E-state index in [0.29, 0.717) is 19.1 Å². The van der Waals surface area contributed by atoms with Crippen LogP contribution in [0.1, 0.15) is 6.42 Å². The summed E-state index contributed by atoms with van der Waals surface area (Å²) in [6.07, 6.45) is 0.867. The second-order valence-electron chi connectivity index (χ2n) is 3.89. The van der Waals surface area contributed by atoms with Crippen LogP contribution in [-0.2, 0) is 14.0 Å². The van der Waals surface area contributed by atoms with Gasteiger partial charge in [0.2, 0.25) is 0 Å². The number of hydrogen-bond acceptors (Lipinski definition) is 4. The molecule has 2 aliphatic heterocycles. The lowest BCUT2D eigenvalue weighted by Crippen LogP contribution is -2.44. The third-order valence-electron chi connectivity index (χ3n) is 3.00. The molecule has 7 heteroatoms. The van der Waals surface area contributed by atoms with Crippen molar-refractivity contribution in [1.29, 1.82) is 0 Å². The third-order valence-corrected chi connectivity index (χ3v) is 4.53. The van der Waals surface area contributed by atoms with Gasteiger partial charge >= 0.3 is 0 Å². The Hall–Kier alpha value is 0.120. The Bertz CT molecular complexity index is 316. The van der Waals surface area contributed by atoms with Gasteiger partial charge < -0.3 is 4.74 Å². The van der Waals surface area contributed by atoms with E-state index < -0.39 is 9.24 Å². The molecule has 2 saturated heterocycles. The monoisotopic (exact) mass is 254 g/mol. The molecule has 2 rings (SSSR count). The molecule has 0 amide bonds. The van der Waals surface area contributed by atoms with Crippen LogP contribution in [0.3, 0.4) is 0 Å². The molecule has 2 fully saturated rings.